The van der Waals surface area contributed by atoms with E-state index in [0.29, 0.717) is 34.7 Å². The van der Waals surface area contributed by atoms with Crippen LogP contribution in [-0.2, 0) is 18.9 Å². The minimum atomic E-state index is -4.99. The molecule has 0 unspecified atom stereocenters. The lowest BCUT2D eigenvalue weighted by molar-refractivity contribution is -0.143. The highest BCUT2D eigenvalue weighted by Gasteiger charge is 2.37. The van der Waals surface area contributed by atoms with Gasteiger partial charge in [-0.1, -0.05) is 36.4 Å². The van der Waals surface area contributed by atoms with Crippen LogP contribution in [0, 0.1) is 6.92 Å². The van der Waals surface area contributed by atoms with E-state index >= 15 is 0 Å². The molecule has 0 spiro atoms. The second-order valence-electron chi connectivity index (χ2n) is 9.21. The summed E-state index contributed by atoms with van der Waals surface area (Å²) < 4.78 is 85.5. The van der Waals surface area contributed by atoms with Gasteiger partial charge in [-0.2, -0.15) is 26.3 Å². The molecule has 10 heteroatoms. The Hall–Kier alpha value is -4.34. The van der Waals surface area contributed by atoms with Gasteiger partial charge in [0, 0.05) is 25.4 Å². The zero-order valence-corrected chi connectivity index (χ0v) is 21.7. The standard InChI is InChI=1S/C30H24F6N2O2/c1-18-8-4-5-9-22(18)24-15-26(23-10-6-7-11-27(23)40-3)37-16-25(24)28(39)38(2)17-19-12-20(29(31,32)33)14-21(13-19)30(34,35)36/h4-16H,17H2,1-3H3. The van der Waals surface area contributed by atoms with Crippen LogP contribution in [0.15, 0.2) is 79.0 Å². The molecule has 4 aromatic rings. The molecule has 0 saturated carbocycles. The smallest absolute Gasteiger partial charge is 0.416 e. The number of carbonyl (C=O) groups excluding carboxylic acids is 1. The molecule has 0 aliphatic carbocycles. The van der Waals surface area contributed by atoms with Crippen molar-refractivity contribution in [1.29, 1.82) is 0 Å². The number of halogens is 6. The molecule has 1 heterocycles. The van der Waals surface area contributed by atoms with Crippen LogP contribution in [-0.4, -0.2) is 29.9 Å². The summed E-state index contributed by atoms with van der Waals surface area (Å²) in [4.78, 5) is 19.1. The Labute approximate surface area is 226 Å². The minimum absolute atomic E-state index is 0.0576. The normalized spacial score (nSPS) is 11.8. The van der Waals surface area contributed by atoms with Crippen LogP contribution in [0.4, 0.5) is 26.3 Å². The average molecular weight is 559 g/mol. The molecule has 0 bridgehead atoms. The Kier molecular flexibility index (Phi) is 7.91. The highest BCUT2D eigenvalue weighted by Crippen LogP contribution is 2.37. The molecule has 1 aromatic heterocycles. The van der Waals surface area contributed by atoms with E-state index in [9.17, 15) is 31.1 Å². The third-order valence-corrected chi connectivity index (χ3v) is 6.37. The number of nitrogens with zero attached hydrogens (tertiary/aromatic N) is 2. The van der Waals surface area contributed by atoms with Gasteiger partial charge in [0.05, 0.1) is 29.5 Å². The summed E-state index contributed by atoms with van der Waals surface area (Å²) in [7, 11) is 2.83. The maximum atomic E-state index is 13.6. The number of ether oxygens (including phenoxy) is 1. The Balaban J connectivity index is 1.77. The molecule has 1 amide bonds. The highest BCUT2D eigenvalue weighted by atomic mass is 19.4. The molecule has 0 aliphatic rings. The number of hydrogen-bond acceptors (Lipinski definition) is 3. The number of amides is 1. The Morgan fingerprint density at radius 3 is 1.98 bits per heavy atom. The number of aromatic nitrogens is 1. The summed E-state index contributed by atoms with van der Waals surface area (Å²) in [6, 6.07) is 17.5. The maximum Gasteiger partial charge on any atom is 0.416 e. The lowest BCUT2D eigenvalue weighted by Crippen LogP contribution is -2.27. The summed E-state index contributed by atoms with van der Waals surface area (Å²) in [6.45, 7) is 1.37. The van der Waals surface area contributed by atoms with E-state index in [2.05, 4.69) is 4.98 Å². The highest BCUT2D eigenvalue weighted by molar-refractivity contribution is 6.01. The molecule has 0 saturated heterocycles. The van der Waals surface area contributed by atoms with Crippen LogP contribution in [0.2, 0.25) is 0 Å². The molecule has 4 rings (SSSR count). The van der Waals surface area contributed by atoms with Crippen LogP contribution in [0.25, 0.3) is 22.4 Å². The van der Waals surface area contributed by atoms with Crippen molar-refractivity contribution in [1.82, 2.24) is 9.88 Å². The van der Waals surface area contributed by atoms with Gasteiger partial charge in [0.25, 0.3) is 5.91 Å². The Morgan fingerprint density at radius 2 is 1.40 bits per heavy atom. The number of benzene rings is 3. The van der Waals surface area contributed by atoms with Crippen molar-refractivity contribution in [3.63, 3.8) is 0 Å². The zero-order chi connectivity index (χ0) is 29.2. The first kappa shape index (κ1) is 28.7. The quantitative estimate of drug-likeness (QED) is 0.225. The third-order valence-electron chi connectivity index (χ3n) is 6.37. The molecule has 0 N–H and O–H groups in total. The molecule has 0 atom stereocenters. The lowest BCUT2D eigenvalue weighted by atomic mass is 9.94. The molecule has 4 nitrogen and oxygen atoms in total. The van der Waals surface area contributed by atoms with Crippen LogP contribution in [0.3, 0.4) is 0 Å². The number of para-hydroxylation sites is 1. The van der Waals surface area contributed by atoms with Gasteiger partial charge in [0.1, 0.15) is 5.75 Å². The second kappa shape index (κ2) is 11.0. The maximum absolute atomic E-state index is 13.6. The summed E-state index contributed by atoms with van der Waals surface area (Å²) >= 11 is 0. The largest absolute Gasteiger partial charge is 0.496 e. The van der Waals surface area contributed by atoms with Gasteiger partial charge in [0.15, 0.2) is 0 Å². The topological polar surface area (TPSA) is 42.4 Å². The zero-order valence-electron chi connectivity index (χ0n) is 21.7. The van der Waals surface area contributed by atoms with E-state index in [1.165, 1.54) is 20.4 Å². The number of carbonyl (C=O) groups is 1. The SMILES string of the molecule is COc1ccccc1-c1cc(-c2ccccc2C)c(C(=O)N(C)Cc2cc(C(F)(F)F)cc(C(F)(F)F)c2)cn1. The fraction of sp³-hybridized carbons (Fsp3) is 0.200. The van der Waals surface area contributed by atoms with Crippen molar-refractivity contribution in [2.24, 2.45) is 0 Å². The summed E-state index contributed by atoms with van der Waals surface area (Å²) in [5.41, 5.74) is 0.209. The van der Waals surface area contributed by atoms with Crippen molar-refractivity contribution in [2.45, 2.75) is 25.8 Å². The van der Waals surface area contributed by atoms with Crippen LogP contribution in [0.1, 0.15) is 32.6 Å². The molecule has 0 fully saturated rings. The average Bonchev–Trinajstić information content (AvgIpc) is 2.91. The van der Waals surface area contributed by atoms with E-state index in [1.54, 1.807) is 24.3 Å². The van der Waals surface area contributed by atoms with Gasteiger partial charge in [-0.15, -0.1) is 0 Å². The van der Waals surface area contributed by atoms with Gasteiger partial charge in [0.2, 0.25) is 0 Å². The summed E-state index contributed by atoms with van der Waals surface area (Å²) in [5, 5.41) is 0. The predicted molar refractivity (Wildman–Crippen MR) is 139 cm³/mol. The summed E-state index contributed by atoms with van der Waals surface area (Å²) in [6.07, 6.45) is -8.63. The molecule has 3 aromatic carbocycles. The third kappa shape index (κ3) is 6.11. The van der Waals surface area contributed by atoms with Gasteiger partial charge in [-0.05, 0) is 65.6 Å². The van der Waals surface area contributed by atoms with Gasteiger partial charge in [-0.25, -0.2) is 0 Å². The molecule has 0 radical (unpaired) electrons. The number of aryl methyl sites for hydroxylation is 1. The van der Waals surface area contributed by atoms with Crippen LogP contribution >= 0.6 is 0 Å². The van der Waals surface area contributed by atoms with E-state index in [-0.39, 0.29) is 17.2 Å². The first-order valence-corrected chi connectivity index (χ1v) is 12.0. The van der Waals surface area contributed by atoms with Crippen molar-refractivity contribution in [3.05, 3.63) is 107 Å². The first-order chi connectivity index (χ1) is 18.8. The monoisotopic (exact) mass is 558 g/mol. The number of rotatable bonds is 6. The molecule has 40 heavy (non-hydrogen) atoms. The Morgan fingerprint density at radius 1 is 0.825 bits per heavy atom. The van der Waals surface area contributed by atoms with E-state index in [4.69, 9.17) is 4.74 Å². The van der Waals surface area contributed by atoms with Crippen molar-refractivity contribution < 1.29 is 35.9 Å². The first-order valence-electron chi connectivity index (χ1n) is 12.0. The van der Waals surface area contributed by atoms with Crippen LogP contribution in [0.5, 0.6) is 5.75 Å². The number of alkyl halides is 6. The predicted octanol–water partition coefficient (Wildman–Crippen LogP) is 8.04. The minimum Gasteiger partial charge on any atom is -0.496 e. The number of pyridine rings is 1. The Bertz CT molecular complexity index is 1510. The molecular weight excluding hydrogens is 534 g/mol. The lowest BCUT2D eigenvalue weighted by Gasteiger charge is -2.22. The van der Waals surface area contributed by atoms with Gasteiger partial charge in [-0.3, -0.25) is 9.78 Å². The van der Waals surface area contributed by atoms with Crippen LogP contribution < -0.4 is 4.74 Å². The molecular formula is C30H24F6N2O2. The second-order valence-corrected chi connectivity index (χ2v) is 9.21. The molecule has 0 aliphatic heterocycles. The summed E-state index contributed by atoms with van der Waals surface area (Å²) in [5.74, 6) is -0.0600. The fourth-order valence-corrected chi connectivity index (χ4v) is 4.39. The van der Waals surface area contributed by atoms with Crippen molar-refractivity contribution >= 4 is 5.91 Å². The van der Waals surface area contributed by atoms with Crippen molar-refractivity contribution in [3.8, 4) is 28.1 Å². The van der Waals surface area contributed by atoms with Gasteiger partial charge < -0.3 is 9.64 Å². The number of methoxy groups -OCH3 is 1. The number of hydrogen-bond donors (Lipinski definition) is 0. The van der Waals surface area contributed by atoms with E-state index < -0.39 is 35.9 Å². The van der Waals surface area contributed by atoms with Gasteiger partial charge >= 0.3 is 12.4 Å². The van der Waals surface area contributed by atoms with E-state index in [0.717, 1.165) is 16.0 Å². The van der Waals surface area contributed by atoms with E-state index in [1.807, 2.05) is 37.3 Å². The fourth-order valence-electron chi connectivity index (χ4n) is 4.39. The molecule has 208 valence electrons. The van der Waals surface area contributed by atoms with Crippen molar-refractivity contribution in [2.75, 3.05) is 14.2 Å².